The van der Waals surface area contributed by atoms with Crippen LogP contribution in [0.4, 0.5) is 28.9 Å². The number of rotatable bonds is 16. The van der Waals surface area contributed by atoms with E-state index in [0.717, 1.165) is 39.6 Å². The third kappa shape index (κ3) is 10.8. The molecule has 0 fully saturated rings. The summed E-state index contributed by atoms with van der Waals surface area (Å²) in [5, 5.41) is 2.68. The van der Waals surface area contributed by atoms with E-state index in [-0.39, 0.29) is 35.0 Å². The second-order valence-electron chi connectivity index (χ2n) is 15.3. The molecule has 13 nitrogen and oxygen atoms in total. The van der Waals surface area contributed by atoms with Crippen LogP contribution in [0.5, 0.6) is 11.5 Å². The highest BCUT2D eigenvalue weighted by atomic mass is 19.1. The van der Waals surface area contributed by atoms with Crippen LogP contribution in [0.2, 0.25) is 0 Å². The molecule has 17 heteroatoms. The molecule has 0 aliphatic rings. The lowest BCUT2D eigenvalue weighted by molar-refractivity contribution is -0.129. The van der Waals surface area contributed by atoms with Gasteiger partial charge >= 0.3 is 5.69 Å². The van der Waals surface area contributed by atoms with Crippen molar-refractivity contribution >= 4 is 52.3 Å². The fourth-order valence-electron chi connectivity index (χ4n) is 7.43. The number of amides is 4. The molecule has 6 aromatic rings. The third-order valence-corrected chi connectivity index (χ3v) is 11.0. The van der Waals surface area contributed by atoms with Gasteiger partial charge in [0.05, 0.1) is 31.2 Å². The van der Waals surface area contributed by atoms with E-state index in [2.05, 4.69) is 10.3 Å². The van der Waals surface area contributed by atoms with Crippen molar-refractivity contribution in [2.75, 3.05) is 38.1 Å². The van der Waals surface area contributed by atoms with Gasteiger partial charge in [0.2, 0.25) is 17.7 Å². The van der Waals surface area contributed by atoms with E-state index in [1.807, 2.05) is 0 Å². The Morgan fingerprint density at radius 2 is 1.08 bits per heavy atom. The highest BCUT2D eigenvalue weighted by Crippen LogP contribution is 2.25. The fraction of sp³-hybridized carbons (Fsp3) is 0.250. The molecule has 0 aliphatic carbocycles. The van der Waals surface area contributed by atoms with Gasteiger partial charge < -0.3 is 24.6 Å². The van der Waals surface area contributed by atoms with Gasteiger partial charge in [0.1, 0.15) is 52.9 Å². The Morgan fingerprint density at radius 1 is 0.646 bits per heavy atom. The second kappa shape index (κ2) is 20.3. The number of hydrogen-bond acceptors (Lipinski definition) is 7. The zero-order valence-corrected chi connectivity index (χ0v) is 36.3. The molecule has 0 saturated carbocycles. The lowest BCUT2D eigenvalue weighted by atomic mass is 9.98. The van der Waals surface area contributed by atoms with Crippen LogP contribution in [-0.4, -0.2) is 73.3 Å². The molecule has 6 rings (SSSR count). The molecule has 1 heterocycles. The van der Waals surface area contributed by atoms with Gasteiger partial charge in [0, 0.05) is 50.2 Å². The predicted octanol–water partition coefficient (Wildman–Crippen LogP) is 7.01. The number of imidazole rings is 1. The van der Waals surface area contributed by atoms with Crippen LogP contribution in [-0.2, 0) is 32.0 Å². The Balaban J connectivity index is 1.29. The van der Waals surface area contributed by atoms with Gasteiger partial charge in [-0.25, -0.2) is 27.3 Å². The van der Waals surface area contributed by atoms with Gasteiger partial charge in [-0.2, -0.15) is 0 Å². The van der Waals surface area contributed by atoms with Crippen molar-refractivity contribution in [3.8, 4) is 11.5 Å². The molecule has 0 saturated heterocycles. The summed E-state index contributed by atoms with van der Waals surface area (Å²) in [6.45, 7) is 2.83. The molecule has 0 bridgehead atoms. The van der Waals surface area contributed by atoms with Crippen molar-refractivity contribution in [2.24, 2.45) is 10.9 Å². The van der Waals surface area contributed by atoms with E-state index in [9.17, 15) is 41.5 Å². The van der Waals surface area contributed by atoms with Crippen molar-refractivity contribution in [3.63, 3.8) is 0 Å². The quantitative estimate of drug-likeness (QED) is 0.0814. The topological polar surface area (TPSA) is 145 Å². The number of para-hydroxylation sites is 2. The number of halogens is 4. The molecule has 65 heavy (non-hydrogen) atoms. The number of methoxy groups -OCH3 is 2. The Labute approximate surface area is 371 Å². The second-order valence-corrected chi connectivity index (χ2v) is 15.3. The minimum Gasteiger partial charge on any atom is -0.497 e. The van der Waals surface area contributed by atoms with Crippen LogP contribution in [0, 0.1) is 29.2 Å². The summed E-state index contributed by atoms with van der Waals surface area (Å²) in [5.41, 5.74) is 0.794. The Hall–Kier alpha value is -7.56. The van der Waals surface area contributed by atoms with Gasteiger partial charge in [0.25, 0.3) is 5.91 Å². The number of fused-ring (bicyclic) bond motifs is 1. The first-order valence-corrected chi connectivity index (χ1v) is 20.3. The first-order valence-electron chi connectivity index (χ1n) is 20.3. The molecule has 1 N–H and O–H groups in total. The summed E-state index contributed by atoms with van der Waals surface area (Å²) in [5.74, 6) is -6.49. The molecule has 4 amide bonds. The summed E-state index contributed by atoms with van der Waals surface area (Å²) in [4.78, 5) is 77.1. The zero-order chi connectivity index (χ0) is 47.1. The lowest BCUT2D eigenvalue weighted by Gasteiger charge is -2.26. The molecule has 4 atom stereocenters. The number of aromatic nitrogens is 2. The van der Waals surface area contributed by atoms with Gasteiger partial charge in [-0.05, 0) is 116 Å². The maximum atomic E-state index is 14.4. The maximum Gasteiger partial charge on any atom is 0.330 e. The minimum absolute atomic E-state index is 0.0815. The van der Waals surface area contributed by atoms with Crippen LogP contribution in [0.15, 0.2) is 119 Å². The van der Waals surface area contributed by atoms with Crippen LogP contribution in [0.3, 0.4) is 0 Å². The van der Waals surface area contributed by atoms with E-state index in [1.54, 1.807) is 72.8 Å². The molecule has 0 spiro atoms. The van der Waals surface area contributed by atoms with Crippen molar-refractivity contribution in [2.45, 2.75) is 44.8 Å². The number of anilines is 2. The molecule has 0 radical (unpaired) electrons. The van der Waals surface area contributed by atoms with Crippen molar-refractivity contribution in [1.29, 1.82) is 0 Å². The number of likely N-dealkylation sites (N-methyl/N-ethyl adjacent to an activating group) is 1. The molecule has 338 valence electrons. The first kappa shape index (κ1) is 46.9. The summed E-state index contributed by atoms with van der Waals surface area (Å²) < 4.78 is 69.8. The summed E-state index contributed by atoms with van der Waals surface area (Å²) >= 11 is 0. The first-order chi connectivity index (χ1) is 31.0. The number of carbonyl (C=O) groups excluding carboxylic acids is 4. The minimum atomic E-state index is -1.37. The number of carbonyl (C=O) groups is 4. The number of nitrogens with zero attached hydrogens (tertiary/aromatic N) is 5. The van der Waals surface area contributed by atoms with Crippen molar-refractivity contribution in [1.82, 2.24) is 14.5 Å². The number of aliphatic imine (C=N–C) groups is 1. The average Bonchev–Trinajstić information content (AvgIpc) is 3.58. The average molecular weight is 895 g/mol. The van der Waals surface area contributed by atoms with Crippen molar-refractivity contribution in [3.05, 3.63) is 154 Å². The monoisotopic (exact) mass is 894 g/mol. The number of hydrogen-bond donors (Lipinski definition) is 1. The van der Waals surface area contributed by atoms with Gasteiger partial charge in [-0.15, -0.1) is 0 Å². The highest BCUT2D eigenvalue weighted by molar-refractivity contribution is 6.05. The maximum absolute atomic E-state index is 14.4. The fourth-order valence-corrected chi connectivity index (χ4v) is 7.43. The Bertz CT molecular complexity index is 2770. The highest BCUT2D eigenvalue weighted by Gasteiger charge is 2.32. The molecule has 4 unspecified atom stereocenters. The smallest absolute Gasteiger partial charge is 0.330 e. The summed E-state index contributed by atoms with van der Waals surface area (Å²) in [6, 6.07) is 21.0. The van der Waals surface area contributed by atoms with Crippen LogP contribution in [0.1, 0.15) is 37.1 Å². The molecular weight excluding hydrogens is 849 g/mol. The lowest BCUT2D eigenvalue weighted by Crippen LogP contribution is -2.51. The largest absolute Gasteiger partial charge is 0.497 e. The standard InChI is InChI=1S/C48H46F4N6O7/c1-28(44(59)53-27-32(19-30-20-33(49)25-34(50)21-30)46(61)55(3)37-11-15-39(64-5)16-12-37)57-42-9-7-8-10-43(42)58(48(57)63)29(2)45(60)54-41(24-31-22-35(51)26-36(52)23-31)47(62)56(4)38-13-17-40(65-6)18-14-38/h7-18,20-23,25-29,32,41H,19,24H2,1-6H3,(H,54,60). The van der Waals surface area contributed by atoms with Gasteiger partial charge in [-0.3, -0.25) is 28.3 Å². The van der Waals surface area contributed by atoms with E-state index < -0.39 is 76.6 Å². The van der Waals surface area contributed by atoms with E-state index in [4.69, 9.17) is 9.47 Å². The number of benzene rings is 5. The normalized spacial score (nSPS) is 13.2. The van der Waals surface area contributed by atoms with Crippen LogP contribution >= 0.6 is 0 Å². The molecule has 5 aromatic carbocycles. The summed E-state index contributed by atoms with van der Waals surface area (Å²) in [6.07, 6.45) is 0.521. The van der Waals surface area contributed by atoms with E-state index >= 15 is 0 Å². The van der Waals surface area contributed by atoms with Crippen molar-refractivity contribution < 1.29 is 46.2 Å². The van der Waals surface area contributed by atoms with Gasteiger partial charge in [-0.1, -0.05) is 12.1 Å². The zero-order valence-electron chi connectivity index (χ0n) is 36.3. The van der Waals surface area contributed by atoms with Crippen LogP contribution < -0.4 is 30.3 Å². The van der Waals surface area contributed by atoms with Crippen LogP contribution in [0.25, 0.3) is 11.0 Å². The Kier molecular flexibility index (Phi) is 14.7. The number of ether oxygens (including phenoxy) is 2. The molecular formula is C48H46F4N6O7. The molecule has 0 aliphatic heterocycles. The van der Waals surface area contributed by atoms with E-state index in [0.29, 0.717) is 35.0 Å². The summed E-state index contributed by atoms with van der Waals surface area (Å²) in [7, 11) is 5.93. The Morgan fingerprint density at radius 3 is 1.54 bits per heavy atom. The van der Waals surface area contributed by atoms with Gasteiger partial charge in [0.15, 0.2) is 0 Å². The third-order valence-electron chi connectivity index (χ3n) is 11.0. The molecule has 1 aromatic heterocycles. The number of nitrogens with one attached hydrogen (secondary N) is 1. The predicted molar refractivity (Wildman–Crippen MR) is 237 cm³/mol. The van der Waals surface area contributed by atoms with E-state index in [1.165, 1.54) is 52.0 Å². The SMILES string of the molecule is COc1ccc(N(C)C(=O)C(C=NC(=O)C(C)n2c(=O)n(C(C)C(=O)NC(Cc3cc(F)cc(F)c3)C(=O)N(C)c3ccc(OC)cc3)c3ccccc32)Cc2cc(F)cc(F)c2)cc1.